The number of anilines is 3. The van der Waals surface area contributed by atoms with Crippen LogP contribution < -0.4 is 10.0 Å². The number of ketones is 1. The Morgan fingerprint density at radius 1 is 0.973 bits per heavy atom. The number of hydrogen-bond acceptors (Lipinski definition) is 9. The van der Waals surface area contributed by atoms with Crippen LogP contribution in [0.15, 0.2) is 59.5 Å². The Kier molecular flexibility index (Phi) is 7.84. The quantitative estimate of drug-likeness (QED) is 0.267. The number of aromatic nitrogens is 2. The molecule has 0 fully saturated rings. The van der Waals surface area contributed by atoms with Gasteiger partial charge in [-0.15, -0.1) is 11.3 Å². The zero-order valence-electron chi connectivity index (χ0n) is 20.6. The Balaban J connectivity index is 1.74. The molecule has 0 unspecified atom stereocenters. The van der Waals surface area contributed by atoms with Gasteiger partial charge in [0.1, 0.15) is 10.8 Å². The van der Waals surface area contributed by atoms with Crippen molar-refractivity contribution < 1.29 is 22.7 Å². The second kappa shape index (κ2) is 11.1. The van der Waals surface area contributed by atoms with Crippen LogP contribution in [0.25, 0.3) is 11.0 Å². The van der Waals surface area contributed by atoms with Gasteiger partial charge in [-0.25, -0.2) is 23.2 Å². The topological polar surface area (TPSA) is 127 Å². The summed E-state index contributed by atoms with van der Waals surface area (Å²) in [6.45, 7) is 5.40. The third-order valence-electron chi connectivity index (χ3n) is 5.35. The number of nitrogens with one attached hydrogen (secondary N) is 2. The minimum Gasteiger partial charge on any atom is -0.462 e. The lowest BCUT2D eigenvalue weighted by atomic mass is 10.1. The van der Waals surface area contributed by atoms with E-state index in [1.54, 1.807) is 49.4 Å². The predicted octanol–water partition coefficient (Wildman–Crippen LogP) is 5.11. The zero-order valence-corrected chi connectivity index (χ0v) is 22.2. The number of ether oxygens (including phenoxy) is 1. The molecule has 192 valence electrons. The first-order chi connectivity index (χ1) is 17.7. The summed E-state index contributed by atoms with van der Waals surface area (Å²) in [7, 11) is -4.04. The predicted molar refractivity (Wildman–Crippen MR) is 144 cm³/mol. The lowest BCUT2D eigenvalue weighted by Gasteiger charge is -2.14. The molecule has 2 aromatic heterocycles. The van der Waals surface area contributed by atoms with E-state index in [0.717, 1.165) is 10.4 Å². The lowest BCUT2D eigenvalue weighted by molar-refractivity contribution is -0.116. The van der Waals surface area contributed by atoms with E-state index in [-0.39, 0.29) is 35.3 Å². The van der Waals surface area contributed by atoms with Gasteiger partial charge in [-0.2, -0.15) is 0 Å². The van der Waals surface area contributed by atoms with Gasteiger partial charge < -0.3 is 10.1 Å². The van der Waals surface area contributed by atoms with E-state index in [9.17, 15) is 18.0 Å². The fourth-order valence-corrected chi connectivity index (χ4v) is 5.59. The van der Waals surface area contributed by atoms with Crippen molar-refractivity contribution in [2.24, 2.45) is 0 Å². The third kappa shape index (κ3) is 6.12. The number of carbonyl (C=O) groups is 2. The van der Waals surface area contributed by atoms with Crippen LogP contribution >= 0.6 is 11.3 Å². The number of Topliss-reactive ketones (excluding diaryl/α,β-unsaturated/α-hetero) is 1. The van der Waals surface area contributed by atoms with Crippen LogP contribution in [0.4, 0.5) is 16.6 Å². The summed E-state index contributed by atoms with van der Waals surface area (Å²) in [4.78, 5) is 34.0. The van der Waals surface area contributed by atoms with Crippen molar-refractivity contribution in [2.45, 2.75) is 38.5 Å². The first-order valence-corrected chi connectivity index (χ1v) is 13.9. The number of para-hydroxylation sites is 2. The minimum absolute atomic E-state index is 0.0114. The van der Waals surface area contributed by atoms with Crippen molar-refractivity contribution >= 4 is 60.8 Å². The molecule has 0 radical (unpaired) electrons. The van der Waals surface area contributed by atoms with Gasteiger partial charge in [0.05, 0.1) is 28.1 Å². The van der Waals surface area contributed by atoms with Crippen LogP contribution in [0.5, 0.6) is 0 Å². The number of benzene rings is 2. The highest BCUT2D eigenvalue weighted by Gasteiger charge is 2.22. The summed E-state index contributed by atoms with van der Waals surface area (Å²) in [5, 5.41) is 3.59. The SMILES string of the molecule is CCOC(=O)c1cc(CC)sc1Nc1nc2ccccc2nc1NS(=O)(=O)c1ccc(CC(C)=O)cc1. The van der Waals surface area contributed by atoms with Crippen LogP contribution in [0.3, 0.4) is 0 Å². The number of thiophene rings is 1. The molecule has 0 amide bonds. The molecule has 0 aliphatic carbocycles. The number of rotatable bonds is 10. The van der Waals surface area contributed by atoms with Crippen LogP contribution in [-0.2, 0) is 32.4 Å². The molecule has 0 saturated carbocycles. The maximum Gasteiger partial charge on any atom is 0.341 e. The molecule has 11 heteroatoms. The van der Waals surface area contributed by atoms with Crippen molar-refractivity contribution in [1.82, 2.24) is 9.97 Å². The Morgan fingerprint density at radius 2 is 1.62 bits per heavy atom. The molecule has 37 heavy (non-hydrogen) atoms. The number of carbonyl (C=O) groups excluding carboxylic acids is 2. The van der Waals surface area contributed by atoms with Crippen LogP contribution in [0.2, 0.25) is 0 Å². The van der Waals surface area contributed by atoms with Crippen molar-refractivity contribution in [3.05, 3.63) is 70.6 Å². The van der Waals surface area contributed by atoms with Crippen LogP contribution in [0.1, 0.15) is 41.6 Å². The number of esters is 1. The molecule has 2 N–H and O–H groups in total. The van der Waals surface area contributed by atoms with Crippen molar-refractivity contribution in [2.75, 3.05) is 16.6 Å². The second-order valence-electron chi connectivity index (χ2n) is 8.19. The van der Waals surface area contributed by atoms with Crippen molar-refractivity contribution in [1.29, 1.82) is 0 Å². The molecular formula is C26H26N4O5S2. The van der Waals surface area contributed by atoms with E-state index in [0.29, 0.717) is 28.0 Å². The van der Waals surface area contributed by atoms with Gasteiger partial charge in [0.25, 0.3) is 10.0 Å². The molecule has 0 spiro atoms. The second-order valence-corrected chi connectivity index (χ2v) is 11.0. The summed E-state index contributed by atoms with van der Waals surface area (Å²) >= 11 is 1.36. The lowest BCUT2D eigenvalue weighted by Crippen LogP contribution is -2.16. The number of nitrogens with zero attached hydrogens (tertiary/aromatic N) is 2. The number of sulfonamides is 1. The molecule has 9 nitrogen and oxygen atoms in total. The van der Waals surface area contributed by atoms with Crippen molar-refractivity contribution in [3.8, 4) is 0 Å². The Morgan fingerprint density at radius 3 is 2.22 bits per heavy atom. The zero-order chi connectivity index (χ0) is 26.6. The van der Waals surface area contributed by atoms with Gasteiger partial charge in [-0.1, -0.05) is 31.2 Å². The molecular weight excluding hydrogens is 512 g/mol. The Labute approximate surface area is 219 Å². The molecule has 0 aliphatic heterocycles. The summed E-state index contributed by atoms with van der Waals surface area (Å²) < 4.78 is 34.2. The molecule has 0 aliphatic rings. The molecule has 0 saturated heterocycles. The maximum absolute atomic E-state index is 13.2. The number of hydrogen-bond donors (Lipinski definition) is 2. The highest BCUT2D eigenvalue weighted by Crippen LogP contribution is 2.34. The largest absolute Gasteiger partial charge is 0.462 e. The van der Waals surface area contributed by atoms with E-state index in [4.69, 9.17) is 4.74 Å². The average molecular weight is 539 g/mol. The Bertz CT molecular complexity index is 1560. The van der Waals surface area contributed by atoms with Gasteiger partial charge in [0.15, 0.2) is 11.6 Å². The fraction of sp³-hybridized carbons (Fsp3) is 0.231. The third-order valence-corrected chi connectivity index (χ3v) is 7.90. The van der Waals surface area contributed by atoms with E-state index in [1.165, 1.54) is 30.4 Å². The number of aryl methyl sites for hydroxylation is 1. The van der Waals surface area contributed by atoms with E-state index < -0.39 is 16.0 Å². The molecule has 2 heterocycles. The van der Waals surface area contributed by atoms with Gasteiger partial charge in [-0.05, 0) is 56.2 Å². The van der Waals surface area contributed by atoms with Gasteiger partial charge in [-0.3, -0.25) is 9.52 Å². The van der Waals surface area contributed by atoms with Crippen molar-refractivity contribution in [3.63, 3.8) is 0 Å². The summed E-state index contributed by atoms with van der Waals surface area (Å²) in [5.74, 6) is -0.376. The normalized spacial score (nSPS) is 11.3. The number of fused-ring (bicyclic) bond motifs is 1. The van der Waals surface area contributed by atoms with Gasteiger partial charge in [0, 0.05) is 11.3 Å². The highest BCUT2D eigenvalue weighted by molar-refractivity contribution is 7.92. The monoisotopic (exact) mass is 538 g/mol. The smallest absolute Gasteiger partial charge is 0.341 e. The van der Waals surface area contributed by atoms with Gasteiger partial charge in [0.2, 0.25) is 0 Å². The average Bonchev–Trinajstić information content (AvgIpc) is 3.27. The molecule has 0 atom stereocenters. The molecule has 2 aromatic carbocycles. The fourth-order valence-electron chi connectivity index (χ4n) is 3.60. The standard InChI is InChI=1S/C26H26N4O5S2/c1-4-18-15-20(26(32)35-5-2)25(36-18)29-23-24(28-22-9-7-6-8-21(22)27-23)30-37(33,34)19-12-10-17(11-13-19)14-16(3)31/h6-13,15H,4-5,14H2,1-3H3,(H,27,29)(H,28,30). The van der Waals surface area contributed by atoms with E-state index >= 15 is 0 Å². The summed E-state index contributed by atoms with van der Waals surface area (Å²) in [6, 6.07) is 14.9. The van der Waals surface area contributed by atoms with Crippen LogP contribution in [0, 0.1) is 0 Å². The van der Waals surface area contributed by atoms with Gasteiger partial charge >= 0.3 is 5.97 Å². The maximum atomic E-state index is 13.2. The molecule has 4 rings (SSSR count). The minimum atomic E-state index is -4.04. The summed E-state index contributed by atoms with van der Waals surface area (Å²) in [5.41, 5.74) is 2.10. The van der Waals surface area contributed by atoms with Crippen LogP contribution in [-0.4, -0.2) is 36.7 Å². The first-order valence-electron chi connectivity index (χ1n) is 11.6. The highest BCUT2D eigenvalue weighted by atomic mass is 32.2. The molecule has 0 bridgehead atoms. The summed E-state index contributed by atoms with van der Waals surface area (Å²) in [6.07, 6.45) is 0.933. The molecule has 4 aromatic rings. The Hall–Kier alpha value is -3.83. The van der Waals surface area contributed by atoms with E-state index in [1.807, 2.05) is 6.92 Å². The van der Waals surface area contributed by atoms with E-state index in [2.05, 4.69) is 20.0 Å². The first kappa shape index (κ1) is 26.2.